The number of methoxy groups -OCH3 is 1. The van der Waals surface area contributed by atoms with Gasteiger partial charge in [0, 0.05) is 30.5 Å². The molecule has 0 bridgehead atoms. The molecule has 1 aliphatic carbocycles. The second-order valence-corrected chi connectivity index (χ2v) is 5.68. The third kappa shape index (κ3) is 2.05. The zero-order valence-corrected chi connectivity index (χ0v) is 11.4. The highest BCUT2D eigenvalue weighted by Gasteiger charge is 2.70. The van der Waals surface area contributed by atoms with Gasteiger partial charge in [-0.2, -0.15) is 0 Å². The lowest BCUT2D eigenvalue weighted by atomic mass is 9.92. The normalized spacial score (nSPS) is 22.6. The lowest BCUT2D eigenvalue weighted by molar-refractivity contribution is 0.0284. The fourth-order valence-corrected chi connectivity index (χ4v) is 2.98. The van der Waals surface area contributed by atoms with E-state index in [0.717, 1.165) is 0 Å². The number of nitrogens with zero attached hydrogens (tertiary/aromatic N) is 1. The van der Waals surface area contributed by atoms with Crippen LogP contribution in [0.5, 0.6) is 5.75 Å². The molecule has 0 aromatic heterocycles. The summed E-state index contributed by atoms with van der Waals surface area (Å²) in [6.07, 6.45) is 0.800. The Hall–Kier alpha value is -1.65. The van der Waals surface area contributed by atoms with E-state index in [0.29, 0.717) is 37.2 Å². The van der Waals surface area contributed by atoms with Crippen molar-refractivity contribution in [3.63, 3.8) is 0 Å². The molecular weight excluding hydrogens is 264 g/mol. The van der Waals surface area contributed by atoms with Gasteiger partial charge in [0.2, 0.25) is 0 Å². The highest BCUT2D eigenvalue weighted by atomic mass is 19.3. The number of carbonyl (C=O) groups is 1. The third-order valence-corrected chi connectivity index (χ3v) is 4.56. The fraction of sp³-hybridized carbons (Fsp3) is 0.533. The predicted molar refractivity (Wildman–Crippen MR) is 70.1 cm³/mol. The van der Waals surface area contributed by atoms with Gasteiger partial charge in [0.15, 0.2) is 0 Å². The first-order valence-corrected chi connectivity index (χ1v) is 6.79. The van der Waals surface area contributed by atoms with Crippen LogP contribution in [-0.2, 0) is 0 Å². The summed E-state index contributed by atoms with van der Waals surface area (Å²) in [5.41, 5.74) is -0.242. The number of ether oxygens (including phenoxy) is 1. The number of hydrogen-bond donors (Lipinski definition) is 0. The highest BCUT2D eigenvalue weighted by Crippen LogP contribution is 2.65. The van der Waals surface area contributed by atoms with Crippen LogP contribution in [0.15, 0.2) is 24.3 Å². The summed E-state index contributed by atoms with van der Waals surface area (Å²) in [5.74, 6) is -1.91. The lowest BCUT2D eigenvalue weighted by Crippen LogP contribution is -2.40. The maximum atomic E-state index is 13.3. The molecule has 1 aromatic carbocycles. The lowest BCUT2D eigenvalue weighted by Gasteiger charge is -2.32. The fourth-order valence-electron chi connectivity index (χ4n) is 2.98. The van der Waals surface area contributed by atoms with Crippen LogP contribution < -0.4 is 4.74 Å². The van der Waals surface area contributed by atoms with E-state index in [2.05, 4.69) is 0 Å². The van der Waals surface area contributed by atoms with Crippen LogP contribution in [0, 0.1) is 5.41 Å². The molecule has 1 heterocycles. The Kier molecular flexibility index (Phi) is 2.96. The van der Waals surface area contributed by atoms with Gasteiger partial charge in [-0.05, 0) is 37.1 Å². The predicted octanol–water partition coefficient (Wildman–Crippen LogP) is 2.96. The molecule has 0 unspecified atom stereocenters. The zero-order valence-electron chi connectivity index (χ0n) is 11.4. The number of amides is 1. The summed E-state index contributed by atoms with van der Waals surface area (Å²) in [6.45, 7) is 0.834. The largest absolute Gasteiger partial charge is 0.497 e. The maximum absolute atomic E-state index is 13.3. The summed E-state index contributed by atoms with van der Waals surface area (Å²) in [6, 6.07) is 6.87. The van der Waals surface area contributed by atoms with Crippen molar-refractivity contribution >= 4 is 5.91 Å². The van der Waals surface area contributed by atoms with Gasteiger partial charge in [0.05, 0.1) is 7.11 Å². The van der Waals surface area contributed by atoms with Crippen molar-refractivity contribution < 1.29 is 18.3 Å². The number of likely N-dealkylation sites (tertiary alicyclic amines) is 1. The molecule has 1 aliphatic heterocycles. The van der Waals surface area contributed by atoms with Gasteiger partial charge in [-0.25, -0.2) is 8.78 Å². The van der Waals surface area contributed by atoms with Crippen LogP contribution in [0.1, 0.15) is 29.6 Å². The monoisotopic (exact) mass is 281 g/mol. The summed E-state index contributed by atoms with van der Waals surface area (Å²) in [7, 11) is 1.57. The Morgan fingerprint density at radius 1 is 1.20 bits per heavy atom. The first-order chi connectivity index (χ1) is 9.47. The van der Waals surface area contributed by atoms with E-state index >= 15 is 0 Å². The molecule has 5 heteroatoms. The Bertz CT molecular complexity index is 519. The van der Waals surface area contributed by atoms with Crippen LogP contribution in [0.3, 0.4) is 0 Å². The maximum Gasteiger partial charge on any atom is 0.254 e. The van der Waals surface area contributed by atoms with E-state index in [9.17, 15) is 13.6 Å². The molecule has 1 amide bonds. The Labute approximate surface area is 116 Å². The minimum absolute atomic E-state index is 0.00936. The molecule has 3 nitrogen and oxygen atoms in total. The van der Waals surface area contributed by atoms with Gasteiger partial charge in [0.25, 0.3) is 11.8 Å². The standard InChI is InChI=1S/C15H17F2NO2/c1-20-12-4-2-11(3-5-12)13(19)18-8-6-14(7-9-18)10-15(14,16)17/h2-5H,6-10H2,1H3. The molecule has 3 rings (SSSR count). The van der Waals surface area contributed by atoms with E-state index in [4.69, 9.17) is 4.74 Å². The number of piperidine rings is 1. The van der Waals surface area contributed by atoms with Crippen molar-refractivity contribution in [3.05, 3.63) is 29.8 Å². The number of alkyl halides is 2. The van der Waals surface area contributed by atoms with Gasteiger partial charge in [-0.1, -0.05) is 0 Å². The van der Waals surface area contributed by atoms with Gasteiger partial charge in [-0.15, -0.1) is 0 Å². The molecule has 20 heavy (non-hydrogen) atoms. The number of rotatable bonds is 2. The van der Waals surface area contributed by atoms with Crippen molar-refractivity contribution in [1.29, 1.82) is 0 Å². The number of hydrogen-bond acceptors (Lipinski definition) is 2. The SMILES string of the molecule is COc1ccc(C(=O)N2CCC3(CC2)CC3(F)F)cc1. The van der Waals surface area contributed by atoms with Gasteiger partial charge in [0.1, 0.15) is 5.75 Å². The molecule has 0 N–H and O–H groups in total. The molecule has 1 aromatic rings. The molecule has 1 saturated carbocycles. The number of benzene rings is 1. The summed E-state index contributed by atoms with van der Waals surface area (Å²) in [5, 5.41) is 0. The third-order valence-electron chi connectivity index (χ3n) is 4.56. The minimum Gasteiger partial charge on any atom is -0.497 e. The van der Waals surface area contributed by atoms with Gasteiger partial charge < -0.3 is 9.64 Å². The number of carbonyl (C=O) groups excluding carboxylic acids is 1. The molecule has 108 valence electrons. The Morgan fingerprint density at radius 2 is 1.75 bits per heavy atom. The second kappa shape index (κ2) is 4.43. The van der Waals surface area contributed by atoms with E-state index in [1.807, 2.05) is 0 Å². The van der Waals surface area contributed by atoms with Crippen LogP contribution in [0.2, 0.25) is 0 Å². The van der Waals surface area contributed by atoms with Crippen LogP contribution in [0.25, 0.3) is 0 Å². The van der Waals surface area contributed by atoms with E-state index in [1.165, 1.54) is 0 Å². The molecule has 1 saturated heterocycles. The van der Waals surface area contributed by atoms with Gasteiger partial charge in [-0.3, -0.25) is 4.79 Å². The van der Waals surface area contributed by atoms with Crippen molar-refractivity contribution in [3.8, 4) is 5.75 Å². The van der Waals surface area contributed by atoms with Crippen molar-refractivity contribution in [2.75, 3.05) is 20.2 Å². The van der Waals surface area contributed by atoms with Crippen molar-refractivity contribution in [2.45, 2.75) is 25.2 Å². The average molecular weight is 281 g/mol. The van der Waals surface area contributed by atoms with Crippen molar-refractivity contribution in [2.24, 2.45) is 5.41 Å². The first-order valence-electron chi connectivity index (χ1n) is 6.79. The van der Waals surface area contributed by atoms with Crippen LogP contribution in [-0.4, -0.2) is 36.9 Å². The molecule has 0 radical (unpaired) electrons. The quantitative estimate of drug-likeness (QED) is 0.834. The summed E-state index contributed by atoms with van der Waals surface area (Å²) < 4.78 is 31.6. The van der Waals surface area contributed by atoms with E-state index in [-0.39, 0.29) is 12.3 Å². The summed E-state index contributed by atoms with van der Waals surface area (Å²) >= 11 is 0. The highest BCUT2D eigenvalue weighted by molar-refractivity contribution is 5.94. The first kappa shape index (κ1) is 13.3. The topological polar surface area (TPSA) is 29.5 Å². The molecule has 2 aliphatic rings. The average Bonchev–Trinajstić information content (AvgIpc) is 2.99. The zero-order chi connectivity index (χ0) is 14.4. The number of halogens is 2. The second-order valence-electron chi connectivity index (χ2n) is 5.68. The van der Waals surface area contributed by atoms with Gasteiger partial charge >= 0.3 is 0 Å². The Morgan fingerprint density at radius 3 is 2.20 bits per heavy atom. The minimum atomic E-state index is -2.51. The van der Waals surface area contributed by atoms with Crippen LogP contribution >= 0.6 is 0 Å². The van der Waals surface area contributed by atoms with Crippen molar-refractivity contribution in [1.82, 2.24) is 4.90 Å². The van der Waals surface area contributed by atoms with E-state index in [1.54, 1.807) is 36.3 Å². The smallest absolute Gasteiger partial charge is 0.254 e. The summed E-state index contributed by atoms with van der Waals surface area (Å²) in [4.78, 5) is 14.0. The molecule has 0 atom stereocenters. The Balaban J connectivity index is 1.64. The van der Waals surface area contributed by atoms with E-state index < -0.39 is 11.3 Å². The van der Waals surface area contributed by atoms with Crippen LogP contribution in [0.4, 0.5) is 8.78 Å². The molecular formula is C15H17F2NO2. The molecule has 2 fully saturated rings. The molecule has 1 spiro atoms.